The summed E-state index contributed by atoms with van der Waals surface area (Å²) in [5, 5.41) is 3.96. The van der Waals surface area contributed by atoms with Crippen molar-refractivity contribution in [2.24, 2.45) is 5.73 Å². The fraction of sp³-hybridized carbons (Fsp3) is 0.400. The van der Waals surface area contributed by atoms with E-state index in [4.69, 9.17) is 15.0 Å². The molecule has 17 heavy (non-hydrogen) atoms. The minimum atomic E-state index is -0.625. The van der Waals surface area contributed by atoms with Crippen LogP contribution in [0.5, 0.6) is 0 Å². The predicted octanol–water partition coefficient (Wildman–Crippen LogP) is 2.13. The molecule has 2 N–H and O–H groups in total. The quantitative estimate of drug-likeness (QED) is 0.919. The standard InChI is InChI=1S/C10H10BrN3O2S/c11-7-2-1-6(17-7)8-13-9(16-14-8)10(12)3-4-15-5-10/h1-2H,3-5,12H2. The lowest BCUT2D eigenvalue weighted by atomic mass is 10.0. The zero-order chi connectivity index (χ0) is 11.9. The van der Waals surface area contributed by atoms with Gasteiger partial charge in [-0.05, 0) is 34.5 Å². The SMILES string of the molecule is NC1(c2nc(-c3ccc(Br)s3)no2)CCOC1. The fourth-order valence-corrected chi connectivity index (χ4v) is 3.02. The molecule has 0 radical (unpaired) electrons. The van der Waals surface area contributed by atoms with Crippen LogP contribution < -0.4 is 5.73 Å². The largest absolute Gasteiger partial charge is 0.379 e. The molecule has 1 aliphatic heterocycles. The van der Waals surface area contributed by atoms with Crippen molar-refractivity contribution in [2.75, 3.05) is 13.2 Å². The highest BCUT2D eigenvalue weighted by Crippen LogP contribution is 2.32. The first-order chi connectivity index (χ1) is 8.17. The van der Waals surface area contributed by atoms with E-state index < -0.39 is 5.54 Å². The summed E-state index contributed by atoms with van der Waals surface area (Å²) in [6, 6.07) is 3.89. The van der Waals surface area contributed by atoms with Gasteiger partial charge in [0.1, 0.15) is 5.54 Å². The molecule has 0 bridgehead atoms. The van der Waals surface area contributed by atoms with Gasteiger partial charge in [0.25, 0.3) is 0 Å². The Morgan fingerprint density at radius 1 is 1.47 bits per heavy atom. The van der Waals surface area contributed by atoms with Gasteiger partial charge in [-0.15, -0.1) is 11.3 Å². The molecule has 1 saturated heterocycles. The van der Waals surface area contributed by atoms with Crippen molar-refractivity contribution in [2.45, 2.75) is 12.0 Å². The molecule has 90 valence electrons. The van der Waals surface area contributed by atoms with E-state index >= 15 is 0 Å². The molecule has 0 saturated carbocycles. The molecule has 3 rings (SSSR count). The van der Waals surface area contributed by atoms with E-state index in [2.05, 4.69) is 26.1 Å². The van der Waals surface area contributed by atoms with Gasteiger partial charge in [-0.3, -0.25) is 0 Å². The molecule has 2 aromatic heterocycles. The lowest BCUT2D eigenvalue weighted by molar-refractivity contribution is 0.166. The Morgan fingerprint density at radius 3 is 3.00 bits per heavy atom. The van der Waals surface area contributed by atoms with Crippen LogP contribution in [0, 0.1) is 0 Å². The van der Waals surface area contributed by atoms with Crippen LogP contribution in [0.1, 0.15) is 12.3 Å². The minimum Gasteiger partial charge on any atom is -0.379 e. The monoisotopic (exact) mass is 315 g/mol. The highest BCUT2D eigenvalue weighted by atomic mass is 79.9. The molecule has 5 nitrogen and oxygen atoms in total. The van der Waals surface area contributed by atoms with E-state index in [1.807, 2.05) is 12.1 Å². The van der Waals surface area contributed by atoms with Crippen LogP contribution in [0.3, 0.4) is 0 Å². The Bertz CT molecular complexity index is 533. The summed E-state index contributed by atoms with van der Waals surface area (Å²) in [6.07, 6.45) is 0.711. The number of rotatable bonds is 2. The Morgan fingerprint density at radius 2 is 2.35 bits per heavy atom. The summed E-state index contributed by atoms with van der Waals surface area (Å²) in [5.41, 5.74) is 5.52. The normalized spacial score (nSPS) is 24.4. The number of nitrogens with two attached hydrogens (primary N) is 1. The van der Waals surface area contributed by atoms with E-state index in [1.54, 1.807) is 11.3 Å². The van der Waals surface area contributed by atoms with Crippen LogP contribution in [-0.2, 0) is 10.3 Å². The van der Waals surface area contributed by atoms with Crippen molar-refractivity contribution in [1.82, 2.24) is 10.1 Å². The highest BCUT2D eigenvalue weighted by Gasteiger charge is 2.38. The van der Waals surface area contributed by atoms with Gasteiger partial charge in [0.15, 0.2) is 0 Å². The topological polar surface area (TPSA) is 74.2 Å². The molecule has 0 aliphatic carbocycles. The average Bonchev–Trinajstić information content (AvgIpc) is 2.96. The summed E-state index contributed by atoms with van der Waals surface area (Å²) in [6.45, 7) is 1.07. The summed E-state index contributed by atoms with van der Waals surface area (Å²) in [4.78, 5) is 5.31. The van der Waals surface area contributed by atoms with E-state index in [0.717, 1.165) is 8.66 Å². The van der Waals surface area contributed by atoms with Gasteiger partial charge in [-0.2, -0.15) is 4.98 Å². The Kier molecular flexibility index (Phi) is 2.78. The Labute approximate surface area is 110 Å². The van der Waals surface area contributed by atoms with E-state index in [1.165, 1.54) is 0 Å². The first-order valence-electron chi connectivity index (χ1n) is 5.14. The van der Waals surface area contributed by atoms with Crippen LogP contribution >= 0.6 is 27.3 Å². The maximum absolute atomic E-state index is 6.15. The first-order valence-corrected chi connectivity index (χ1v) is 6.75. The number of aromatic nitrogens is 2. The van der Waals surface area contributed by atoms with Gasteiger partial charge in [-0.25, -0.2) is 0 Å². The second-order valence-electron chi connectivity index (χ2n) is 3.99. The van der Waals surface area contributed by atoms with Crippen LogP contribution in [-0.4, -0.2) is 23.4 Å². The minimum absolute atomic E-state index is 0.433. The molecule has 0 spiro atoms. The van der Waals surface area contributed by atoms with Gasteiger partial charge in [0, 0.05) is 6.61 Å². The van der Waals surface area contributed by atoms with Crippen LogP contribution in [0.15, 0.2) is 20.4 Å². The molecular weight excluding hydrogens is 306 g/mol. The molecule has 3 heterocycles. The number of nitrogens with zero attached hydrogens (tertiary/aromatic N) is 2. The lowest BCUT2D eigenvalue weighted by Crippen LogP contribution is -2.37. The third-order valence-corrected chi connectivity index (χ3v) is 4.32. The summed E-state index contributed by atoms with van der Waals surface area (Å²) in [5.74, 6) is 1.03. The van der Waals surface area contributed by atoms with Gasteiger partial charge in [0.05, 0.1) is 15.3 Å². The average molecular weight is 316 g/mol. The number of ether oxygens (including phenoxy) is 1. The smallest absolute Gasteiger partial charge is 0.249 e. The Hall–Kier alpha value is -0.760. The molecule has 0 aromatic carbocycles. The predicted molar refractivity (Wildman–Crippen MR) is 66.6 cm³/mol. The third kappa shape index (κ3) is 2.03. The van der Waals surface area contributed by atoms with Crippen molar-refractivity contribution >= 4 is 27.3 Å². The first kappa shape index (κ1) is 11.3. The summed E-state index contributed by atoms with van der Waals surface area (Å²) in [7, 11) is 0. The molecule has 1 atom stereocenters. The second-order valence-corrected chi connectivity index (χ2v) is 6.45. The lowest BCUT2D eigenvalue weighted by Gasteiger charge is -2.14. The zero-order valence-electron chi connectivity index (χ0n) is 8.85. The summed E-state index contributed by atoms with van der Waals surface area (Å²) < 4.78 is 11.5. The van der Waals surface area contributed by atoms with Crippen molar-refractivity contribution in [3.63, 3.8) is 0 Å². The van der Waals surface area contributed by atoms with Crippen LogP contribution in [0.2, 0.25) is 0 Å². The Balaban J connectivity index is 1.92. The zero-order valence-corrected chi connectivity index (χ0v) is 11.3. The van der Waals surface area contributed by atoms with Crippen molar-refractivity contribution in [1.29, 1.82) is 0 Å². The van der Waals surface area contributed by atoms with Crippen molar-refractivity contribution < 1.29 is 9.26 Å². The van der Waals surface area contributed by atoms with E-state index in [0.29, 0.717) is 31.3 Å². The van der Waals surface area contributed by atoms with Gasteiger partial charge in [0.2, 0.25) is 11.7 Å². The maximum atomic E-state index is 6.15. The van der Waals surface area contributed by atoms with Crippen molar-refractivity contribution in [3.8, 4) is 10.7 Å². The number of hydrogen-bond acceptors (Lipinski definition) is 6. The second kappa shape index (κ2) is 4.16. The number of hydrogen-bond donors (Lipinski definition) is 1. The highest BCUT2D eigenvalue weighted by molar-refractivity contribution is 9.11. The van der Waals surface area contributed by atoms with E-state index in [9.17, 15) is 0 Å². The van der Waals surface area contributed by atoms with Gasteiger partial charge in [-0.1, -0.05) is 5.16 Å². The molecule has 0 amide bonds. The molecule has 1 unspecified atom stereocenters. The van der Waals surface area contributed by atoms with Crippen LogP contribution in [0.4, 0.5) is 0 Å². The molecule has 2 aromatic rings. The fourth-order valence-electron chi connectivity index (χ4n) is 1.71. The molecule has 1 fully saturated rings. The van der Waals surface area contributed by atoms with Crippen molar-refractivity contribution in [3.05, 3.63) is 21.8 Å². The summed E-state index contributed by atoms with van der Waals surface area (Å²) >= 11 is 4.96. The number of halogens is 1. The number of thiophene rings is 1. The maximum Gasteiger partial charge on any atom is 0.249 e. The van der Waals surface area contributed by atoms with Crippen LogP contribution in [0.25, 0.3) is 10.7 Å². The molecule has 7 heteroatoms. The molecule has 1 aliphatic rings. The third-order valence-electron chi connectivity index (χ3n) is 2.70. The van der Waals surface area contributed by atoms with Gasteiger partial charge >= 0.3 is 0 Å². The van der Waals surface area contributed by atoms with Gasteiger partial charge < -0.3 is 15.0 Å². The van der Waals surface area contributed by atoms with E-state index in [-0.39, 0.29) is 0 Å². The molecular formula is C10H10BrN3O2S.